The highest BCUT2D eigenvalue weighted by molar-refractivity contribution is 6.33. The van der Waals surface area contributed by atoms with Gasteiger partial charge in [0.25, 0.3) is 5.91 Å². The number of carbonyl (C=O) groups is 1. The van der Waals surface area contributed by atoms with E-state index in [2.05, 4.69) is 10.1 Å². The molecule has 1 fully saturated rings. The highest BCUT2D eigenvalue weighted by atomic mass is 35.5. The summed E-state index contributed by atoms with van der Waals surface area (Å²) in [5.74, 6) is 0.181. The molecule has 5 rings (SSSR count). The zero-order valence-corrected chi connectivity index (χ0v) is 18.4. The van der Waals surface area contributed by atoms with Crippen molar-refractivity contribution in [2.75, 3.05) is 31.1 Å². The van der Waals surface area contributed by atoms with E-state index in [1.165, 1.54) is 0 Å². The lowest BCUT2D eigenvalue weighted by Gasteiger charge is -2.35. The van der Waals surface area contributed by atoms with Gasteiger partial charge in [0.05, 0.1) is 16.3 Å². The minimum absolute atomic E-state index is 0.0518. The molecule has 0 radical (unpaired) electrons. The van der Waals surface area contributed by atoms with Crippen molar-refractivity contribution in [2.45, 2.75) is 25.4 Å². The monoisotopic (exact) mass is 475 g/mol. The van der Waals surface area contributed by atoms with Gasteiger partial charge < -0.3 is 9.80 Å². The fourth-order valence-electron chi connectivity index (χ4n) is 4.48. The van der Waals surface area contributed by atoms with E-state index in [1.807, 2.05) is 35.0 Å². The summed E-state index contributed by atoms with van der Waals surface area (Å²) in [5.41, 5.74) is 2.64. The summed E-state index contributed by atoms with van der Waals surface area (Å²) in [6, 6.07) is 10.7. The summed E-state index contributed by atoms with van der Waals surface area (Å²) in [5, 5.41) is 4.62. The van der Waals surface area contributed by atoms with Crippen LogP contribution in [0.1, 0.15) is 33.7 Å². The lowest BCUT2D eigenvalue weighted by Crippen LogP contribution is -2.49. The third-order valence-electron chi connectivity index (χ3n) is 6.15. The number of carbonyl (C=O) groups excluding carboxylic acids is 1. The van der Waals surface area contributed by atoms with Gasteiger partial charge in [-0.2, -0.15) is 18.3 Å². The molecule has 1 amide bonds. The van der Waals surface area contributed by atoms with Crippen molar-refractivity contribution < 1.29 is 18.0 Å². The van der Waals surface area contributed by atoms with Crippen LogP contribution in [0.15, 0.2) is 42.6 Å². The first-order valence-corrected chi connectivity index (χ1v) is 11.1. The summed E-state index contributed by atoms with van der Waals surface area (Å²) in [6.07, 6.45) is -1.00. The molecule has 0 atom stereocenters. The molecule has 1 saturated heterocycles. The maximum Gasteiger partial charge on any atom is 0.417 e. The Morgan fingerprint density at radius 3 is 2.42 bits per heavy atom. The molecule has 2 aromatic heterocycles. The maximum absolute atomic E-state index is 13.3. The number of pyridine rings is 1. The van der Waals surface area contributed by atoms with Gasteiger partial charge in [-0.1, -0.05) is 29.8 Å². The van der Waals surface area contributed by atoms with Crippen LogP contribution in [0.2, 0.25) is 5.02 Å². The molecule has 1 aromatic carbocycles. The van der Waals surface area contributed by atoms with Gasteiger partial charge >= 0.3 is 6.18 Å². The van der Waals surface area contributed by atoms with Crippen LogP contribution in [-0.4, -0.2) is 51.8 Å². The van der Waals surface area contributed by atoms with Gasteiger partial charge in [-0.15, -0.1) is 0 Å². The zero-order chi connectivity index (χ0) is 23.2. The van der Waals surface area contributed by atoms with Crippen LogP contribution in [0.25, 0.3) is 5.69 Å². The van der Waals surface area contributed by atoms with Gasteiger partial charge in [-0.25, -0.2) is 9.67 Å². The van der Waals surface area contributed by atoms with Gasteiger partial charge in [0.2, 0.25) is 0 Å². The Labute approximate surface area is 193 Å². The summed E-state index contributed by atoms with van der Waals surface area (Å²) < 4.78 is 40.5. The van der Waals surface area contributed by atoms with E-state index in [9.17, 15) is 18.0 Å². The van der Waals surface area contributed by atoms with E-state index in [0.717, 1.165) is 48.5 Å². The first-order chi connectivity index (χ1) is 15.8. The van der Waals surface area contributed by atoms with Gasteiger partial charge in [0.15, 0.2) is 5.69 Å². The van der Waals surface area contributed by atoms with Gasteiger partial charge in [0, 0.05) is 43.6 Å². The number of anilines is 1. The molecule has 1 aliphatic carbocycles. The van der Waals surface area contributed by atoms with Crippen molar-refractivity contribution in [3.8, 4) is 5.69 Å². The van der Waals surface area contributed by atoms with Crippen LogP contribution in [0.4, 0.5) is 19.0 Å². The minimum Gasteiger partial charge on any atom is -0.352 e. The van der Waals surface area contributed by atoms with E-state index < -0.39 is 11.7 Å². The second-order valence-electron chi connectivity index (χ2n) is 8.18. The predicted octanol–water partition coefficient (Wildman–Crippen LogP) is 4.39. The van der Waals surface area contributed by atoms with Crippen molar-refractivity contribution in [3.63, 3.8) is 0 Å². The quantitative estimate of drug-likeness (QED) is 0.564. The van der Waals surface area contributed by atoms with Crippen molar-refractivity contribution in [1.82, 2.24) is 19.7 Å². The van der Waals surface area contributed by atoms with E-state index in [1.54, 1.807) is 9.80 Å². The van der Waals surface area contributed by atoms with Crippen molar-refractivity contribution in [1.29, 1.82) is 0 Å². The molecule has 3 aromatic rings. The second kappa shape index (κ2) is 8.37. The van der Waals surface area contributed by atoms with Gasteiger partial charge in [-0.05, 0) is 37.5 Å². The molecule has 10 heteroatoms. The molecule has 0 spiro atoms. The standard InChI is InChI=1S/C23H21ClF3N5O/c24-18-13-15(23(25,26)27)14-28-21(18)30-9-11-31(12-10-30)22(33)20-17-7-4-8-19(17)32(29-20)16-5-2-1-3-6-16/h1-3,5-6,13-14H,4,7-12H2. The Kier molecular flexibility index (Phi) is 5.52. The van der Waals surface area contributed by atoms with Crippen LogP contribution in [0.5, 0.6) is 0 Å². The van der Waals surface area contributed by atoms with Crippen LogP contribution < -0.4 is 4.90 Å². The Morgan fingerprint density at radius 2 is 1.76 bits per heavy atom. The predicted molar refractivity (Wildman–Crippen MR) is 118 cm³/mol. The van der Waals surface area contributed by atoms with Crippen molar-refractivity contribution in [2.24, 2.45) is 0 Å². The first-order valence-electron chi connectivity index (χ1n) is 10.8. The van der Waals surface area contributed by atoms with E-state index >= 15 is 0 Å². The molecule has 0 saturated carbocycles. The lowest BCUT2D eigenvalue weighted by molar-refractivity contribution is -0.137. The number of fused-ring (bicyclic) bond motifs is 1. The number of aromatic nitrogens is 3. The van der Waals surface area contributed by atoms with Crippen molar-refractivity contribution >= 4 is 23.3 Å². The SMILES string of the molecule is O=C(c1nn(-c2ccccc2)c2c1CCC2)N1CCN(c2ncc(C(F)(F)F)cc2Cl)CC1. The zero-order valence-electron chi connectivity index (χ0n) is 17.6. The molecular weight excluding hydrogens is 455 g/mol. The smallest absolute Gasteiger partial charge is 0.352 e. The van der Waals surface area contributed by atoms with Gasteiger partial charge in [-0.3, -0.25) is 4.79 Å². The Morgan fingerprint density at radius 1 is 1.03 bits per heavy atom. The van der Waals surface area contributed by atoms with Crippen LogP contribution in [0.3, 0.4) is 0 Å². The number of rotatable bonds is 3. The fourth-order valence-corrected chi connectivity index (χ4v) is 4.77. The fraction of sp³-hybridized carbons (Fsp3) is 0.348. The minimum atomic E-state index is -4.50. The molecule has 1 aliphatic heterocycles. The topological polar surface area (TPSA) is 54.3 Å². The number of hydrogen-bond donors (Lipinski definition) is 0. The van der Waals surface area contributed by atoms with Crippen LogP contribution >= 0.6 is 11.6 Å². The molecule has 0 N–H and O–H groups in total. The van der Waals surface area contributed by atoms with Gasteiger partial charge in [0.1, 0.15) is 5.82 Å². The molecule has 6 nitrogen and oxygen atoms in total. The number of amides is 1. The molecule has 33 heavy (non-hydrogen) atoms. The number of hydrogen-bond acceptors (Lipinski definition) is 4. The second-order valence-corrected chi connectivity index (χ2v) is 8.59. The average molecular weight is 476 g/mol. The molecule has 0 unspecified atom stereocenters. The van der Waals surface area contributed by atoms with E-state index in [4.69, 9.17) is 11.6 Å². The van der Waals surface area contributed by atoms with Crippen molar-refractivity contribution in [3.05, 3.63) is 70.1 Å². The number of alkyl halides is 3. The third kappa shape index (κ3) is 4.06. The Hall–Kier alpha value is -3.07. The number of para-hydroxylation sites is 1. The maximum atomic E-state index is 13.3. The summed E-state index contributed by atoms with van der Waals surface area (Å²) in [6.45, 7) is 1.66. The number of piperazine rings is 1. The molecular formula is C23H21ClF3N5O. The summed E-state index contributed by atoms with van der Waals surface area (Å²) in [4.78, 5) is 20.8. The Balaban J connectivity index is 1.32. The first kappa shape index (κ1) is 21.8. The van der Waals surface area contributed by atoms with Crippen LogP contribution in [0, 0.1) is 0 Å². The van der Waals surface area contributed by atoms with Crippen LogP contribution in [-0.2, 0) is 19.0 Å². The number of benzene rings is 1. The normalized spacial score (nSPS) is 16.2. The molecule has 2 aliphatic rings. The largest absolute Gasteiger partial charge is 0.417 e. The number of nitrogens with zero attached hydrogens (tertiary/aromatic N) is 5. The molecule has 172 valence electrons. The Bertz CT molecular complexity index is 1190. The lowest BCUT2D eigenvalue weighted by atomic mass is 10.1. The third-order valence-corrected chi connectivity index (χ3v) is 6.43. The molecule has 0 bridgehead atoms. The number of halogens is 4. The van der Waals surface area contributed by atoms with E-state index in [-0.39, 0.29) is 10.9 Å². The highest BCUT2D eigenvalue weighted by Crippen LogP contribution is 2.34. The molecule has 3 heterocycles. The average Bonchev–Trinajstić information content (AvgIpc) is 3.42. The highest BCUT2D eigenvalue weighted by Gasteiger charge is 2.34. The van der Waals surface area contributed by atoms with E-state index in [0.29, 0.717) is 37.7 Å². The summed E-state index contributed by atoms with van der Waals surface area (Å²) in [7, 11) is 0. The summed E-state index contributed by atoms with van der Waals surface area (Å²) >= 11 is 6.09.